The molecule has 0 saturated carbocycles. The fourth-order valence-corrected chi connectivity index (χ4v) is 3.36. The standard InChI is InChI=1S/C23H26FN3O3/c1-23(2,3)16-6-4-15(5-7-16)22(30)27-13-12-25-21(29)19(27)14-20(28)26-18-10-8-17(24)9-11-18/h4-11,19H,12-14H2,1-3H3,(H,25,29)(H,26,28)/t19-/m1/s1. The molecule has 1 heterocycles. The number of amides is 3. The van der Waals surface area contributed by atoms with Crippen LogP contribution in [-0.2, 0) is 15.0 Å². The maximum atomic E-state index is 13.1. The lowest BCUT2D eigenvalue weighted by molar-refractivity contribution is -0.131. The molecule has 0 bridgehead atoms. The molecule has 1 saturated heterocycles. The van der Waals surface area contributed by atoms with Crippen molar-refractivity contribution in [2.75, 3.05) is 18.4 Å². The zero-order valence-electron chi connectivity index (χ0n) is 17.4. The van der Waals surface area contributed by atoms with E-state index in [0.29, 0.717) is 24.3 Å². The van der Waals surface area contributed by atoms with Crippen LogP contribution in [0.4, 0.5) is 10.1 Å². The predicted octanol–water partition coefficient (Wildman–Crippen LogP) is 3.09. The van der Waals surface area contributed by atoms with Gasteiger partial charge in [-0.1, -0.05) is 32.9 Å². The smallest absolute Gasteiger partial charge is 0.254 e. The van der Waals surface area contributed by atoms with E-state index in [-0.39, 0.29) is 23.7 Å². The number of hydrogen-bond donors (Lipinski definition) is 2. The van der Waals surface area contributed by atoms with Crippen molar-refractivity contribution in [1.29, 1.82) is 0 Å². The van der Waals surface area contributed by atoms with Gasteiger partial charge in [-0.2, -0.15) is 0 Å². The molecule has 0 aromatic heterocycles. The van der Waals surface area contributed by atoms with Gasteiger partial charge in [0.1, 0.15) is 11.9 Å². The number of nitrogens with zero attached hydrogens (tertiary/aromatic N) is 1. The molecule has 1 aliphatic heterocycles. The highest BCUT2D eigenvalue weighted by atomic mass is 19.1. The highest BCUT2D eigenvalue weighted by Crippen LogP contribution is 2.23. The van der Waals surface area contributed by atoms with Gasteiger partial charge in [-0.15, -0.1) is 0 Å². The van der Waals surface area contributed by atoms with E-state index in [4.69, 9.17) is 0 Å². The third-order valence-corrected chi connectivity index (χ3v) is 5.10. The Bertz CT molecular complexity index is 934. The summed E-state index contributed by atoms with van der Waals surface area (Å²) in [7, 11) is 0. The van der Waals surface area contributed by atoms with Gasteiger partial charge in [0.2, 0.25) is 11.8 Å². The fraction of sp³-hybridized carbons (Fsp3) is 0.348. The van der Waals surface area contributed by atoms with E-state index in [0.717, 1.165) is 5.56 Å². The minimum absolute atomic E-state index is 0.0342. The van der Waals surface area contributed by atoms with Crippen molar-refractivity contribution >= 4 is 23.4 Å². The van der Waals surface area contributed by atoms with E-state index in [1.54, 1.807) is 12.1 Å². The Hall–Kier alpha value is -3.22. The first-order chi connectivity index (χ1) is 14.1. The minimum atomic E-state index is -0.908. The number of rotatable bonds is 4. The van der Waals surface area contributed by atoms with Gasteiger partial charge in [0.25, 0.3) is 5.91 Å². The van der Waals surface area contributed by atoms with Gasteiger partial charge in [0, 0.05) is 24.3 Å². The second kappa shape index (κ2) is 8.65. The van der Waals surface area contributed by atoms with Gasteiger partial charge >= 0.3 is 0 Å². The van der Waals surface area contributed by atoms with E-state index in [9.17, 15) is 18.8 Å². The number of carbonyl (C=O) groups excluding carboxylic acids is 3. The topological polar surface area (TPSA) is 78.5 Å². The van der Waals surface area contributed by atoms with Crippen LogP contribution in [0.5, 0.6) is 0 Å². The Morgan fingerprint density at radius 3 is 2.33 bits per heavy atom. The van der Waals surface area contributed by atoms with E-state index in [1.807, 2.05) is 12.1 Å². The fourth-order valence-electron chi connectivity index (χ4n) is 3.36. The summed E-state index contributed by atoms with van der Waals surface area (Å²) in [5.41, 5.74) is 1.97. The molecule has 2 N–H and O–H groups in total. The minimum Gasteiger partial charge on any atom is -0.353 e. The molecule has 158 valence electrons. The van der Waals surface area contributed by atoms with E-state index in [2.05, 4.69) is 31.4 Å². The van der Waals surface area contributed by atoms with Crippen molar-refractivity contribution < 1.29 is 18.8 Å². The third-order valence-electron chi connectivity index (χ3n) is 5.10. The monoisotopic (exact) mass is 411 g/mol. The van der Waals surface area contributed by atoms with Crippen LogP contribution in [0.15, 0.2) is 48.5 Å². The second-order valence-electron chi connectivity index (χ2n) is 8.39. The predicted molar refractivity (Wildman–Crippen MR) is 113 cm³/mol. The summed E-state index contributed by atoms with van der Waals surface area (Å²) in [4.78, 5) is 39.4. The summed E-state index contributed by atoms with van der Waals surface area (Å²) < 4.78 is 13.0. The molecule has 2 aromatic carbocycles. The molecule has 0 radical (unpaired) electrons. The van der Waals surface area contributed by atoms with Gasteiger partial charge in [0.05, 0.1) is 6.42 Å². The summed E-state index contributed by atoms with van der Waals surface area (Å²) >= 11 is 0. The zero-order chi connectivity index (χ0) is 21.9. The Kier molecular flexibility index (Phi) is 6.20. The number of anilines is 1. The first-order valence-corrected chi connectivity index (χ1v) is 9.90. The van der Waals surface area contributed by atoms with Crippen LogP contribution in [-0.4, -0.2) is 41.8 Å². The molecule has 2 aromatic rings. The molecule has 1 atom stereocenters. The SMILES string of the molecule is CC(C)(C)c1ccc(C(=O)N2CCNC(=O)[C@H]2CC(=O)Nc2ccc(F)cc2)cc1. The van der Waals surface area contributed by atoms with Crippen LogP contribution in [0.25, 0.3) is 0 Å². The normalized spacial score (nSPS) is 16.7. The first-order valence-electron chi connectivity index (χ1n) is 9.90. The number of halogens is 1. The molecule has 0 aliphatic carbocycles. The largest absolute Gasteiger partial charge is 0.353 e. The van der Waals surface area contributed by atoms with Crippen molar-refractivity contribution in [2.24, 2.45) is 0 Å². The van der Waals surface area contributed by atoms with Crippen LogP contribution in [0, 0.1) is 5.82 Å². The average Bonchev–Trinajstić information content (AvgIpc) is 2.70. The third kappa shape index (κ3) is 5.03. The molecule has 3 rings (SSSR count). The summed E-state index contributed by atoms with van der Waals surface area (Å²) in [6.45, 7) is 6.93. The lowest BCUT2D eigenvalue weighted by Crippen LogP contribution is -2.58. The van der Waals surface area contributed by atoms with E-state index < -0.39 is 17.8 Å². The molecule has 30 heavy (non-hydrogen) atoms. The summed E-state index contributed by atoms with van der Waals surface area (Å²) in [5, 5.41) is 5.35. The molecular formula is C23H26FN3O3. The van der Waals surface area contributed by atoms with Gasteiger partial charge < -0.3 is 15.5 Å². The Balaban J connectivity index is 1.73. The van der Waals surface area contributed by atoms with Crippen molar-refractivity contribution in [1.82, 2.24) is 10.2 Å². The van der Waals surface area contributed by atoms with Crippen molar-refractivity contribution in [3.05, 3.63) is 65.5 Å². The van der Waals surface area contributed by atoms with Crippen LogP contribution < -0.4 is 10.6 Å². The first kappa shape index (κ1) is 21.5. The van der Waals surface area contributed by atoms with Gasteiger partial charge in [-0.05, 0) is 47.4 Å². The van der Waals surface area contributed by atoms with Crippen LogP contribution in [0.1, 0.15) is 43.1 Å². The number of hydrogen-bond acceptors (Lipinski definition) is 3. The maximum absolute atomic E-state index is 13.1. The summed E-state index contributed by atoms with van der Waals surface area (Å²) in [6, 6.07) is 11.8. The van der Waals surface area contributed by atoms with Gasteiger partial charge in [-0.3, -0.25) is 14.4 Å². The molecule has 1 aliphatic rings. The Morgan fingerprint density at radius 1 is 1.10 bits per heavy atom. The van der Waals surface area contributed by atoms with E-state index in [1.165, 1.54) is 29.2 Å². The Morgan fingerprint density at radius 2 is 1.73 bits per heavy atom. The summed E-state index contributed by atoms with van der Waals surface area (Å²) in [6.07, 6.45) is -0.185. The van der Waals surface area contributed by atoms with Crippen molar-refractivity contribution in [2.45, 2.75) is 38.6 Å². The van der Waals surface area contributed by atoms with Gasteiger partial charge in [0.15, 0.2) is 0 Å². The molecule has 1 fully saturated rings. The molecular weight excluding hydrogens is 385 g/mol. The number of carbonyl (C=O) groups is 3. The molecule has 7 heteroatoms. The maximum Gasteiger partial charge on any atom is 0.254 e. The second-order valence-corrected chi connectivity index (χ2v) is 8.39. The van der Waals surface area contributed by atoms with Crippen LogP contribution >= 0.6 is 0 Å². The van der Waals surface area contributed by atoms with Crippen LogP contribution in [0.2, 0.25) is 0 Å². The highest BCUT2D eigenvalue weighted by Gasteiger charge is 2.35. The summed E-state index contributed by atoms with van der Waals surface area (Å²) in [5.74, 6) is -1.49. The highest BCUT2D eigenvalue weighted by molar-refractivity contribution is 6.01. The van der Waals surface area contributed by atoms with Crippen molar-refractivity contribution in [3.63, 3.8) is 0 Å². The van der Waals surface area contributed by atoms with Gasteiger partial charge in [-0.25, -0.2) is 4.39 Å². The van der Waals surface area contributed by atoms with E-state index >= 15 is 0 Å². The Labute approximate surface area is 175 Å². The lowest BCUT2D eigenvalue weighted by Gasteiger charge is -2.35. The molecule has 3 amide bonds. The quantitative estimate of drug-likeness (QED) is 0.812. The van der Waals surface area contributed by atoms with Crippen LogP contribution in [0.3, 0.4) is 0 Å². The molecule has 0 unspecified atom stereocenters. The average molecular weight is 411 g/mol. The number of benzene rings is 2. The van der Waals surface area contributed by atoms with Crippen molar-refractivity contribution in [3.8, 4) is 0 Å². The number of piperazine rings is 1. The molecule has 0 spiro atoms. The molecule has 6 nitrogen and oxygen atoms in total. The zero-order valence-corrected chi connectivity index (χ0v) is 17.4. The number of nitrogens with one attached hydrogen (secondary N) is 2. The lowest BCUT2D eigenvalue weighted by atomic mass is 9.86.